The molecular weight excluding hydrogens is 324 g/mol. The monoisotopic (exact) mass is 342 g/mol. The molecule has 9 nitrogen and oxygen atoms in total. The molecule has 9 heteroatoms. The molecule has 1 saturated heterocycles. The number of nitrogens with one attached hydrogen (secondary N) is 2. The summed E-state index contributed by atoms with van der Waals surface area (Å²) >= 11 is 0. The van der Waals surface area contributed by atoms with Gasteiger partial charge in [0.15, 0.2) is 0 Å². The molecule has 2 heterocycles. The lowest BCUT2D eigenvalue weighted by Gasteiger charge is -2.16. The van der Waals surface area contributed by atoms with E-state index in [-0.39, 0.29) is 18.7 Å². The Morgan fingerprint density at radius 3 is 2.72 bits per heavy atom. The van der Waals surface area contributed by atoms with E-state index in [9.17, 15) is 14.4 Å². The number of hydrogen-bond acceptors (Lipinski definition) is 5. The van der Waals surface area contributed by atoms with Crippen molar-refractivity contribution in [1.29, 1.82) is 0 Å². The summed E-state index contributed by atoms with van der Waals surface area (Å²) < 4.78 is 0. The molecule has 25 heavy (non-hydrogen) atoms. The van der Waals surface area contributed by atoms with Crippen LogP contribution in [0.3, 0.4) is 0 Å². The molecule has 1 aromatic carbocycles. The highest BCUT2D eigenvalue weighted by molar-refractivity contribution is 6.04. The van der Waals surface area contributed by atoms with Gasteiger partial charge in [0.05, 0.1) is 18.4 Å². The van der Waals surface area contributed by atoms with Crippen LogP contribution in [-0.2, 0) is 16.1 Å². The van der Waals surface area contributed by atoms with Crippen molar-refractivity contribution in [3.05, 3.63) is 42.2 Å². The highest BCUT2D eigenvalue weighted by atomic mass is 16.2. The molecule has 1 aromatic heterocycles. The second-order valence-corrected chi connectivity index (χ2v) is 5.76. The predicted octanol–water partition coefficient (Wildman–Crippen LogP) is 0.214. The lowest BCUT2D eigenvalue weighted by atomic mass is 10.1. The van der Waals surface area contributed by atoms with Gasteiger partial charge < -0.3 is 10.2 Å². The minimum atomic E-state index is -0.649. The number of nitrogens with zero attached hydrogens (tertiary/aromatic N) is 4. The Morgan fingerprint density at radius 2 is 2.04 bits per heavy atom. The topological polar surface area (TPSA) is 109 Å². The predicted molar refractivity (Wildman–Crippen MR) is 87.5 cm³/mol. The van der Waals surface area contributed by atoms with Gasteiger partial charge in [0, 0.05) is 13.5 Å². The van der Waals surface area contributed by atoms with Gasteiger partial charge in [-0.3, -0.25) is 14.9 Å². The Bertz CT molecular complexity index is 788. The van der Waals surface area contributed by atoms with Gasteiger partial charge >= 0.3 is 6.03 Å². The molecule has 2 N–H and O–H groups in total. The van der Waals surface area contributed by atoms with Crippen LogP contribution < -0.4 is 10.6 Å². The van der Waals surface area contributed by atoms with Gasteiger partial charge in [0.25, 0.3) is 5.91 Å². The molecule has 1 atom stereocenters. The first-order chi connectivity index (χ1) is 12.0. The number of aromatic nitrogens is 3. The number of rotatable bonds is 6. The van der Waals surface area contributed by atoms with Gasteiger partial charge in [-0.15, -0.1) is 0 Å². The molecule has 0 saturated carbocycles. The fourth-order valence-corrected chi connectivity index (χ4v) is 2.50. The SMILES string of the molecule is CN(Cc1cnn(-c2ccccc2)n1)C(=O)CC[C@@H]1NC(=O)NC1=O. The first-order valence-electron chi connectivity index (χ1n) is 7.85. The zero-order valence-electron chi connectivity index (χ0n) is 13.7. The Morgan fingerprint density at radius 1 is 1.28 bits per heavy atom. The average Bonchev–Trinajstić information content (AvgIpc) is 3.19. The largest absolute Gasteiger partial charge is 0.340 e. The Labute approximate surface area is 144 Å². The van der Waals surface area contributed by atoms with Gasteiger partial charge in [0.1, 0.15) is 11.7 Å². The molecule has 1 aliphatic rings. The van der Waals surface area contributed by atoms with Crippen LogP contribution in [0, 0.1) is 0 Å². The van der Waals surface area contributed by atoms with Gasteiger partial charge in [-0.1, -0.05) is 18.2 Å². The minimum absolute atomic E-state index is 0.136. The van der Waals surface area contributed by atoms with Crippen molar-refractivity contribution in [3.8, 4) is 5.69 Å². The van der Waals surface area contributed by atoms with Crippen LogP contribution in [0.15, 0.2) is 36.5 Å². The molecule has 0 bridgehead atoms. The summed E-state index contributed by atoms with van der Waals surface area (Å²) in [5, 5.41) is 13.2. The smallest absolute Gasteiger partial charge is 0.322 e. The zero-order valence-corrected chi connectivity index (χ0v) is 13.7. The molecule has 1 fully saturated rings. The molecule has 0 spiro atoms. The Kier molecular flexibility index (Phi) is 4.73. The number of imide groups is 1. The quantitative estimate of drug-likeness (QED) is 0.730. The van der Waals surface area contributed by atoms with Crippen LogP contribution in [0.5, 0.6) is 0 Å². The van der Waals surface area contributed by atoms with E-state index in [1.807, 2.05) is 30.3 Å². The van der Waals surface area contributed by atoms with Crippen molar-refractivity contribution in [1.82, 2.24) is 30.5 Å². The Hall–Kier alpha value is -3.23. The van der Waals surface area contributed by atoms with E-state index in [1.165, 1.54) is 9.70 Å². The first kappa shape index (κ1) is 16.6. The van der Waals surface area contributed by atoms with Crippen molar-refractivity contribution in [2.75, 3.05) is 7.05 Å². The van der Waals surface area contributed by atoms with Crippen LogP contribution >= 0.6 is 0 Å². The number of benzene rings is 1. The summed E-state index contributed by atoms with van der Waals surface area (Å²) in [5.74, 6) is -0.533. The van der Waals surface area contributed by atoms with Crippen LogP contribution in [0.25, 0.3) is 5.69 Å². The fourth-order valence-electron chi connectivity index (χ4n) is 2.50. The Balaban J connectivity index is 1.52. The second-order valence-electron chi connectivity index (χ2n) is 5.76. The van der Waals surface area contributed by atoms with E-state index >= 15 is 0 Å². The lowest BCUT2D eigenvalue weighted by molar-refractivity contribution is -0.130. The van der Waals surface area contributed by atoms with Crippen LogP contribution in [0.2, 0.25) is 0 Å². The van der Waals surface area contributed by atoms with E-state index in [0.717, 1.165) is 5.69 Å². The maximum absolute atomic E-state index is 12.2. The second kappa shape index (κ2) is 7.12. The van der Waals surface area contributed by atoms with Gasteiger partial charge in [-0.25, -0.2) is 4.79 Å². The third-order valence-electron chi connectivity index (χ3n) is 3.86. The highest BCUT2D eigenvalue weighted by Gasteiger charge is 2.29. The summed E-state index contributed by atoms with van der Waals surface area (Å²) in [4.78, 5) is 37.7. The van der Waals surface area contributed by atoms with Gasteiger partial charge in [-0.2, -0.15) is 15.0 Å². The van der Waals surface area contributed by atoms with Gasteiger partial charge in [0.2, 0.25) is 5.91 Å². The molecule has 0 unspecified atom stereocenters. The van der Waals surface area contributed by atoms with Crippen LogP contribution in [0.4, 0.5) is 4.79 Å². The third kappa shape index (κ3) is 4.00. The van der Waals surface area contributed by atoms with E-state index < -0.39 is 18.0 Å². The number of carbonyl (C=O) groups excluding carboxylic acids is 3. The standard InChI is InChI=1S/C16H18N6O3/c1-21(14(23)8-7-13-15(24)19-16(25)18-13)10-11-9-17-22(20-11)12-5-3-2-4-6-12/h2-6,9,13H,7-8,10H2,1H3,(H2,18,19,24,25)/t13-/m0/s1. The van der Waals surface area contributed by atoms with E-state index in [4.69, 9.17) is 0 Å². The van der Waals surface area contributed by atoms with Crippen molar-refractivity contribution >= 4 is 17.8 Å². The summed E-state index contributed by atoms with van der Waals surface area (Å²) in [6, 6.07) is 8.31. The van der Waals surface area contributed by atoms with E-state index in [0.29, 0.717) is 12.2 Å². The van der Waals surface area contributed by atoms with Gasteiger partial charge in [-0.05, 0) is 18.6 Å². The molecule has 3 rings (SSSR count). The van der Waals surface area contributed by atoms with Crippen molar-refractivity contribution in [2.45, 2.75) is 25.4 Å². The maximum atomic E-state index is 12.2. The van der Waals surface area contributed by atoms with Crippen molar-refractivity contribution < 1.29 is 14.4 Å². The number of amides is 4. The van der Waals surface area contributed by atoms with Crippen LogP contribution in [-0.4, -0.2) is 50.8 Å². The summed E-state index contributed by atoms with van der Waals surface area (Å²) in [7, 11) is 1.66. The molecule has 4 amide bonds. The molecule has 0 radical (unpaired) electrons. The first-order valence-corrected chi connectivity index (χ1v) is 7.85. The van der Waals surface area contributed by atoms with Crippen LogP contribution in [0.1, 0.15) is 18.5 Å². The zero-order chi connectivity index (χ0) is 17.8. The van der Waals surface area contributed by atoms with Crippen molar-refractivity contribution in [3.63, 3.8) is 0 Å². The fraction of sp³-hybridized carbons (Fsp3) is 0.312. The molecule has 0 aliphatic carbocycles. The third-order valence-corrected chi connectivity index (χ3v) is 3.86. The molecule has 1 aliphatic heterocycles. The van der Waals surface area contributed by atoms with E-state index in [2.05, 4.69) is 20.8 Å². The lowest BCUT2D eigenvalue weighted by Crippen LogP contribution is -2.32. The number of carbonyl (C=O) groups is 3. The molecular formula is C16H18N6O3. The van der Waals surface area contributed by atoms with Crippen molar-refractivity contribution in [2.24, 2.45) is 0 Å². The average molecular weight is 342 g/mol. The molecule has 2 aromatic rings. The summed E-state index contributed by atoms with van der Waals surface area (Å²) in [6.45, 7) is 0.314. The highest BCUT2D eigenvalue weighted by Crippen LogP contribution is 2.08. The number of urea groups is 1. The maximum Gasteiger partial charge on any atom is 0.322 e. The number of hydrogen-bond donors (Lipinski definition) is 2. The normalized spacial score (nSPS) is 16.4. The number of para-hydroxylation sites is 1. The minimum Gasteiger partial charge on any atom is -0.340 e. The molecule has 130 valence electrons. The summed E-state index contributed by atoms with van der Waals surface area (Å²) in [6.07, 6.45) is 2.03. The van der Waals surface area contributed by atoms with E-state index in [1.54, 1.807) is 13.2 Å². The summed E-state index contributed by atoms with van der Waals surface area (Å²) in [5.41, 5.74) is 1.50.